The van der Waals surface area contributed by atoms with Crippen molar-refractivity contribution in [3.05, 3.63) is 80.5 Å². The second-order valence-electron chi connectivity index (χ2n) is 8.81. The number of aryl methyl sites for hydroxylation is 2. The van der Waals surface area contributed by atoms with Crippen LogP contribution in [0.5, 0.6) is 0 Å². The van der Waals surface area contributed by atoms with Gasteiger partial charge >= 0.3 is 5.97 Å². The molecule has 1 aliphatic carbocycles. The van der Waals surface area contributed by atoms with Gasteiger partial charge in [0, 0.05) is 4.88 Å². The van der Waals surface area contributed by atoms with Crippen LogP contribution in [-0.4, -0.2) is 33.8 Å². The van der Waals surface area contributed by atoms with Crippen LogP contribution in [-0.2, 0) is 22.4 Å². The van der Waals surface area contributed by atoms with Gasteiger partial charge in [0.05, 0.1) is 34.5 Å². The van der Waals surface area contributed by atoms with Crippen LogP contribution in [0.15, 0.2) is 58.5 Å². The zero-order chi connectivity index (χ0) is 25.9. The third-order valence-electron chi connectivity index (χ3n) is 6.34. The molecule has 1 N–H and O–H groups in total. The van der Waals surface area contributed by atoms with Crippen molar-refractivity contribution in [2.75, 3.05) is 17.7 Å². The molecule has 0 aliphatic heterocycles. The van der Waals surface area contributed by atoms with Crippen molar-refractivity contribution in [2.24, 2.45) is 0 Å². The van der Waals surface area contributed by atoms with Gasteiger partial charge in [0.1, 0.15) is 5.00 Å². The van der Waals surface area contributed by atoms with Crippen LogP contribution in [0.4, 0.5) is 5.00 Å². The summed E-state index contributed by atoms with van der Waals surface area (Å²) in [5.74, 6) is -0.635. The molecule has 2 aromatic heterocycles. The summed E-state index contributed by atoms with van der Waals surface area (Å²) in [6.45, 7) is 3.99. The summed E-state index contributed by atoms with van der Waals surface area (Å²) in [6.07, 6.45) is 3.81. The molecule has 0 bridgehead atoms. The van der Waals surface area contributed by atoms with Crippen LogP contribution in [0.2, 0.25) is 0 Å². The summed E-state index contributed by atoms with van der Waals surface area (Å²) in [5.41, 5.74) is 3.54. The first-order valence-corrected chi connectivity index (χ1v) is 14.1. The van der Waals surface area contributed by atoms with Gasteiger partial charge in [0.2, 0.25) is 5.91 Å². The van der Waals surface area contributed by atoms with Crippen LogP contribution in [0.1, 0.15) is 46.1 Å². The van der Waals surface area contributed by atoms with E-state index in [1.54, 1.807) is 23.6 Å². The number of anilines is 1. The number of rotatable bonds is 7. The van der Waals surface area contributed by atoms with Gasteiger partial charge in [0.25, 0.3) is 5.56 Å². The van der Waals surface area contributed by atoms with Gasteiger partial charge in [-0.1, -0.05) is 42.1 Å². The predicted molar refractivity (Wildman–Crippen MR) is 148 cm³/mol. The number of para-hydroxylation sites is 2. The maximum Gasteiger partial charge on any atom is 0.341 e. The van der Waals surface area contributed by atoms with E-state index in [9.17, 15) is 14.4 Å². The van der Waals surface area contributed by atoms with E-state index in [1.165, 1.54) is 23.1 Å². The minimum atomic E-state index is -0.394. The summed E-state index contributed by atoms with van der Waals surface area (Å²) in [4.78, 5) is 45.2. The van der Waals surface area contributed by atoms with E-state index in [-0.39, 0.29) is 23.8 Å². The molecule has 2 heterocycles. The number of carbonyl (C=O) groups excluding carboxylic acids is 2. The number of hydrogen-bond donors (Lipinski definition) is 1. The molecule has 0 unspecified atom stereocenters. The Kier molecular flexibility index (Phi) is 7.43. The molecule has 0 saturated heterocycles. The minimum Gasteiger partial charge on any atom is -0.462 e. The first-order valence-electron chi connectivity index (χ1n) is 12.3. The lowest BCUT2D eigenvalue weighted by atomic mass is 9.95. The Labute approximate surface area is 222 Å². The molecule has 0 saturated carbocycles. The maximum atomic E-state index is 13.5. The number of nitrogens with zero attached hydrogens (tertiary/aromatic N) is 2. The number of thioether (sulfide) groups is 1. The molecular weight excluding hydrogens is 506 g/mol. The molecule has 0 spiro atoms. The molecule has 190 valence electrons. The molecular formula is C28H27N3O4S2. The smallest absolute Gasteiger partial charge is 0.341 e. The summed E-state index contributed by atoms with van der Waals surface area (Å²) < 4.78 is 6.87. The minimum absolute atomic E-state index is 0.0293. The van der Waals surface area contributed by atoms with E-state index < -0.39 is 5.97 Å². The van der Waals surface area contributed by atoms with E-state index in [0.29, 0.717) is 26.6 Å². The van der Waals surface area contributed by atoms with Crippen LogP contribution >= 0.6 is 23.1 Å². The Morgan fingerprint density at radius 3 is 2.68 bits per heavy atom. The number of nitrogens with one attached hydrogen (secondary N) is 1. The number of carbonyl (C=O) groups is 2. The molecule has 9 heteroatoms. The molecule has 0 fully saturated rings. The van der Waals surface area contributed by atoms with Gasteiger partial charge in [-0.3, -0.25) is 14.2 Å². The summed E-state index contributed by atoms with van der Waals surface area (Å²) >= 11 is 2.65. The standard InChI is InChI=1S/C28H27N3O4S2/c1-3-35-27(34)24-19-12-6-9-15-22(19)37-25(24)30-23(32)16-36-28-29-20-13-7-5-11-18(20)26(33)31(28)21-14-8-4-10-17(21)2/h4-5,7-8,10-11,13-14H,3,6,9,12,15-16H2,1-2H3,(H,30,32). The topological polar surface area (TPSA) is 90.3 Å². The number of benzene rings is 2. The molecule has 1 aliphatic rings. The van der Waals surface area contributed by atoms with Crippen molar-refractivity contribution in [3.8, 4) is 5.69 Å². The molecule has 2 aromatic carbocycles. The van der Waals surface area contributed by atoms with Crippen molar-refractivity contribution in [3.63, 3.8) is 0 Å². The maximum absolute atomic E-state index is 13.5. The van der Waals surface area contributed by atoms with Crippen molar-refractivity contribution in [2.45, 2.75) is 44.7 Å². The first kappa shape index (κ1) is 25.2. The fourth-order valence-corrected chi connectivity index (χ4v) is 6.70. The van der Waals surface area contributed by atoms with Gasteiger partial charge in [-0.05, 0) is 68.9 Å². The van der Waals surface area contributed by atoms with E-state index in [2.05, 4.69) is 5.32 Å². The van der Waals surface area contributed by atoms with Crippen molar-refractivity contribution in [1.82, 2.24) is 9.55 Å². The highest BCUT2D eigenvalue weighted by atomic mass is 32.2. The Morgan fingerprint density at radius 1 is 1.11 bits per heavy atom. The Morgan fingerprint density at radius 2 is 1.86 bits per heavy atom. The molecule has 5 rings (SSSR count). The van der Waals surface area contributed by atoms with E-state index in [4.69, 9.17) is 9.72 Å². The lowest BCUT2D eigenvalue weighted by molar-refractivity contribution is -0.113. The number of amides is 1. The average Bonchev–Trinajstić information content (AvgIpc) is 3.26. The second kappa shape index (κ2) is 10.9. The van der Waals surface area contributed by atoms with E-state index in [1.807, 2.05) is 43.3 Å². The second-order valence-corrected chi connectivity index (χ2v) is 10.9. The Hall–Kier alpha value is -3.43. The van der Waals surface area contributed by atoms with Gasteiger partial charge < -0.3 is 10.1 Å². The SMILES string of the molecule is CCOC(=O)c1c(NC(=O)CSc2nc3ccccc3c(=O)n2-c2ccccc2C)sc2c1CCCC2. The molecule has 0 atom stereocenters. The third-order valence-corrected chi connectivity index (χ3v) is 8.48. The monoisotopic (exact) mass is 533 g/mol. The average molecular weight is 534 g/mol. The number of hydrogen-bond acceptors (Lipinski definition) is 7. The normalized spacial score (nSPS) is 12.8. The lowest BCUT2D eigenvalue weighted by Crippen LogP contribution is -2.23. The van der Waals surface area contributed by atoms with Crippen molar-refractivity contribution < 1.29 is 14.3 Å². The van der Waals surface area contributed by atoms with Crippen LogP contribution < -0.4 is 10.9 Å². The lowest BCUT2D eigenvalue weighted by Gasteiger charge is -2.15. The summed E-state index contributed by atoms with van der Waals surface area (Å²) in [7, 11) is 0. The summed E-state index contributed by atoms with van der Waals surface area (Å²) in [5, 5.41) is 4.43. The third kappa shape index (κ3) is 5.06. The fourth-order valence-electron chi connectivity index (χ4n) is 4.60. The summed E-state index contributed by atoms with van der Waals surface area (Å²) in [6, 6.07) is 14.8. The van der Waals surface area contributed by atoms with Crippen LogP contribution in [0.3, 0.4) is 0 Å². The van der Waals surface area contributed by atoms with Crippen molar-refractivity contribution in [1.29, 1.82) is 0 Å². The van der Waals surface area contributed by atoms with Gasteiger partial charge in [0.15, 0.2) is 5.16 Å². The number of thiophene rings is 1. The molecule has 4 aromatic rings. The van der Waals surface area contributed by atoms with Crippen LogP contribution in [0.25, 0.3) is 16.6 Å². The molecule has 7 nitrogen and oxygen atoms in total. The number of fused-ring (bicyclic) bond motifs is 2. The molecule has 0 radical (unpaired) electrons. The Bertz CT molecular complexity index is 1560. The zero-order valence-corrected chi connectivity index (χ0v) is 22.3. The molecule has 37 heavy (non-hydrogen) atoms. The Balaban J connectivity index is 1.45. The van der Waals surface area contributed by atoms with E-state index in [0.717, 1.165) is 47.4 Å². The van der Waals surface area contributed by atoms with E-state index >= 15 is 0 Å². The number of aromatic nitrogens is 2. The highest BCUT2D eigenvalue weighted by molar-refractivity contribution is 7.99. The number of ether oxygens (including phenoxy) is 1. The zero-order valence-electron chi connectivity index (χ0n) is 20.7. The van der Waals surface area contributed by atoms with Crippen LogP contribution in [0, 0.1) is 6.92 Å². The van der Waals surface area contributed by atoms with Gasteiger partial charge in [-0.15, -0.1) is 11.3 Å². The van der Waals surface area contributed by atoms with Gasteiger partial charge in [-0.2, -0.15) is 0 Å². The highest BCUT2D eigenvalue weighted by Gasteiger charge is 2.27. The fraction of sp³-hybridized carbons (Fsp3) is 0.286. The number of esters is 1. The molecule has 1 amide bonds. The quantitative estimate of drug-likeness (QED) is 0.191. The largest absolute Gasteiger partial charge is 0.462 e. The highest BCUT2D eigenvalue weighted by Crippen LogP contribution is 2.38. The van der Waals surface area contributed by atoms with Crippen molar-refractivity contribution >= 4 is 50.9 Å². The predicted octanol–water partition coefficient (Wildman–Crippen LogP) is 5.54. The first-order chi connectivity index (χ1) is 18.0. The van der Waals surface area contributed by atoms with Gasteiger partial charge in [-0.25, -0.2) is 9.78 Å².